The normalized spacial score (nSPS) is 10.5. The molecule has 0 saturated carbocycles. The van der Waals surface area contributed by atoms with Crippen molar-refractivity contribution in [2.24, 2.45) is 0 Å². The van der Waals surface area contributed by atoms with Gasteiger partial charge in [0, 0.05) is 5.69 Å². The highest BCUT2D eigenvalue weighted by molar-refractivity contribution is 6.09. The minimum Gasteiger partial charge on any atom is -0.321 e. The number of rotatable bonds is 4. The second-order valence-electron chi connectivity index (χ2n) is 4.91. The molecule has 0 aromatic heterocycles. The number of carbonyl (C=O) groups excluding carboxylic acids is 1. The maximum Gasteiger partial charge on any atom is 0.266 e. The first-order chi connectivity index (χ1) is 11.2. The van der Waals surface area contributed by atoms with E-state index in [-0.39, 0.29) is 5.57 Å². The standard InChI is InChI=1S/C19H15N3O/c1-2-14-7-9-18(10-8-14)22-19(23)17(13-21)11-15-3-5-16(12-20)6-4-15/h3-11H,2H2,1H3,(H,22,23). The third-order valence-corrected chi connectivity index (χ3v) is 3.34. The second kappa shape index (κ2) is 7.59. The number of amides is 1. The SMILES string of the molecule is CCc1ccc(NC(=O)C(C#N)=Cc2ccc(C#N)cc2)cc1. The molecule has 0 spiro atoms. The van der Waals surface area contributed by atoms with Gasteiger partial charge < -0.3 is 5.32 Å². The van der Waals surface area contributed by atoms with Crippen molar-refractivity contribution < 1.29 is 4.79 Å². The molecule has 2 rings (SSSR count). The van der Waals surface area contributed by atoms with Crippen LogP contribution in [0.1, 0.15) is 23.6 Å². The number of nitriles is 2. The van der Waals surface area contributed by atoms with Gasteiger partial charge in [0.05, 0.1) is 11.6 Å². The van der Waals surface area contributed by atoms with E-state index in [0.29, 0.717) is 16.8 Å². The molecular weight excluding hydrogens is 286 g/mol. The smallest absolute Gasteiger partial charge is 0.266 e. The Kier molecular flexibility index (Phi) is 5.28. The van der Waals surface area contributed by atoms with Crippen LogP contribution in [0.15, 0.2) is 54.1 Å². The number of aryl methyl sites for hydroxylation is 1. The average molecular weight is 301 g/mol. The van der Waals surface area contributed by atoms with E-state index in [4.69, 9.17) is 5.26 Å². The van der Waals surface area contributed by atoms with Crippen LogP contribution < -0.4 is 5.32 Å². The molecule has 23 heavy (non-hydrogen) atoms. The zero-order valence-corrected chi connectivity index (χ0v) is 12.7. The zero-order valence-electron chi connectivity index (χ0n) is 12.7. The lowest BCUT2D eigenvalue weighted by Gasteiger charge is -2.05. The largest absolute Gasteiger partial charge is 0.321 e. The quantitative estimate of drug-likeness (QED) is 0.691. The van der Waals surface area contributed by atoms with Crippen molar-refractivity contribution in [2.45, 2.75) is 13.3 Å². The van der Waals surface area contributed by atoms with Gasteiger partial charge in [-0.2, -0.15) is 10.5 Å². The van der Waals surface area contributed by atoms with Crippen LogP contribution >= 0.6 is 0 Å². The van der Waals surface area contributed by atoms with Crippen molar-refractivity contribution >= 4 is 17.7 Å². The first-order valence-corrected chi connectivity index (χ1v) is 7.18. The van der Waals surface area contributed by atoms with Gasteiger partial charge in [-0.1, -0.05) is 31.2 Å². The van der Waals surface area contributed by atoms with Crippen molar-refractivity contribution in [3.63, 3.8) is 0 Å². The van der Waals surface area contributed by atoms with E-state index < -0.39 is 5.91 Å². The van der Waals surface area contributed by atoms with Gasteiger partial charge >= 0.3 is 0 Å². The summed E-state index contributed by atoms with van der Waals surface area (Å²) < 4.78 is 0. The molecule has 1 N–H and O–H groups in total. The van der Waals surface area contributed by atoms with Crippen LogP contribution in [0.5, 0.6) is 0 Å². The molecule has 0 aliphatic heterocycles. The van der Waals surface area contributed by atoms with Crippen molar-refractivity contribution in [3.8, 4) is 12.1 Å². The van der Waals surface area contributed by atoms with E-state index in [1.165, 1.54) is 11.6 Å². The average Bonchev–Trinajstić information content (AvgIpc) is 2.60. The summed E-state index contributed by atoms with van der Waals surface area (Å²) in [5.41, 5.74) is 3.05. The molecule has 0 heterocycles. The molecular formula is C19H15N3O. The van der Waals surface area contributed by atoms with Gasteiger partial charge in [0.25, 0.3) is 5.91 Å². The predicted molar refractivity (Wildman–Crippen MR) is 89.2 cm³/mol. The Hall–Kier alpha value is -3.37. The lowest BCUT2D eigenvalue weighted by atomic mass is 10.1. The van der Waals surface area contributed by atoms with Crippen molar-refractivity contribution in [3.05, 3.63) is 70.8 Å². The number of anilines is 1. The Morgan fingerprint density at radius 2 is 1.74 bits per heavy atom. The molecule has 4 heteroatoms. The summed E-state index contributed by atoms with van der Waals surface area (Å²) in [6.07, 6.45) is 2.42. The first kappa shape index (κ1) is 16.0. The minimum absolute atomic E-state index is 0.00859. The fraction of sp³-hybridized carbons (Fsp3) is 0.105. The number of hydrogen-bond donors (Lipinski definition) is 1. The van der Waals surface area contributed by atoms with E-state index in [1.807, 2.05) is 36.4 Å². The van der Waals surface area contributed by atoms with E-state index in [1.54, 1.807) is 24.3 Å². The number of nitrogens with one attached hydrogen (secondary N) is 1. The highest BCUT2D eigenvalue weighted by Crippen LogP contribution is 2.13. The Balaban J connectivity index is 2.15. The molecule has 0 saturated heterocycles. The molecule has 2 aromatic rings. The van der Waals surface area contributed by atoms with Gasteiger partial charge in [-0.15, -0.1) is 0 Å². The van der Waals surface area contributed by atoms with Gasteiger partial charge in [-0.3, -0.25) is 4.79 Å². The van der Waals surface area contributed by atoms with Crippen LogP contribution in [0, 0.1) is 22.7 Å². The Bertz CT molecular complexity index is 804. The number of carbonyl (C=O) groups is 1. The van der Waals surface area contributed by atoms with Gasteiger partial charge in [0.15, 0.2) is 0 Å². The van der Waals surface area contributed by atoms with Crippen LogP contribution in [-0.4, -0.2) is 5.91 Å². The maximum absolute atomic E-state index is 12.2. The first-order valence-electron chi connectivity index (χ1n) is 7.18. The fourth-order valence-electron chi connectivity index (χ4n) is 1.99. The minimum atomic E-state index is -0.457. The summed E-state index contributed by atoms with van der Waals surface area (Å²) in [5.74, 6) is -0.457. The van der Waals surface area contributed by atoms with Crippen molar-refractivity contribution in [1.29, 1.82) is 10.5 Å². The Morgan fingerprint density at radius 1 is 1.09 bits per heavy atom. The van der Waals surface area contributed by atoms with Crippen molar-refractivity contribution in [2.75, 3.05) is 5.32 Å². The third-order valence-electron chi connectivity index (χ3n) is 3.34. The summed E-state index contributed by atoms with van der Waals surface area (Å²) in [6, 6.07) is 18.1. The summed E-state index contributed by atoms with van der Waals surface area (Å²) in [5, 5.41) is 20.7. The molecule has 0 aliphatic rings. The van der Waals surface area contributed by atoms with Gasteiger partial charge in [0.1, 0.15) is 11.6 Å². The van der Waals surface area contributed by atoms with Gasteiger partial charge in [-0.05, 0) is 47.9 Å². The second-order valence-corrected chi connectivity index (χ2v) is 4.91. The Labute approximate surface area is 135 Å². The molecule has 0 aliphatic carbocycles. The molecule has 0 radical (unpaired) electrons. The number of benzene rings is 2. The lowest BCUT2D eigenvalue weighted by Crippen LogP contribution is -2.13. The van der Waals surface area contributed by atoms with Crippen LogP contribution in [-0.2, 0) is 11.2 Å². The predicted octanol–water partition coefficient (Wildman–Crippen LogP) is 3.67. The molecule has 0 bridgehead atoms. The molecule has 0 fully saturated rings. The van der Waals surface area contributed by atoms with Gasteiger partial charge in [0.2, 0.25) is 0 Å². The number of nitrogens with zero attached hydrogens (tertiary/aromatic N) is 2. The van der Waals surface area contributed by atoms with Crippen LogP contribution in [0.2, 0.25) is 0 Å². The number of hydrogen-bond acceptors (Lipinski definition) is 3. The Morgan fingerprint density at radius 3 is 2.26 bits per heavy atom. The molecule has 0 unspecified atom stereocenters. The van der Waals surface area contributed by atoms with E-state index in [9.17, 15) is 10.1 Å². The summed E-state index contributed by atoms with van der Waals surface area (Å²) in [6.45, 7) is 2.06. The maximum atomic E-state index is 12.2. The molecule has 2 aromatic carbocycles. The molecule has 112 valence electrons. The summed E-state index contributed by atoms with van der Waals surface area (Å²) >= 11 is 0. The van der Waals surface area contributed by atoms with E-state index in [2.05, 4.69) is 12.2 Å². The van der Waals surface area contributed by atoms with E-state index >= 15 is 0 Å². The summed E-state index contributed by atoms with van der Waals surface area (Å²) in [4.78, 5) is 12.2. The molecule has 1 amide bonds. The zero-order chi connectivity index (χ0) is 16.7. The monoisotopic (exact) mass is 301 g/mol. The van der Waals surface area contributed by atoms with Crippen LogP contribution in [0.4, 0.5) is 5.69 Å². The van der Waals surface area contributed by atoms with Crippen LogP contribution in [0.25, 0.3) is 6.08 Å². The van der Waals surface area contributed by atoms with E-state index in [0.717, 1.165) is 6.42 Å². The fourth-order valence-corrected chi connectivity index (χ4v) is 1.99. The molecule has 4 nitrogen and oxygen atoms in total. The molecule has 0 atom stereocenters. The lowest BCUT2D eigenvalue weighted by molar-refractivity contribution is -0.112. The van der Waals surface area contributed by atoms with Crippen molar-refractivity contribution in [1.82, 2.24) is 0 Å². The third kappa shape index (κ3) is 4.30. The highest BCUT2D eigenvalue weighted by atomic mass is 16.1. The van der Waals surface area contributed by atoms with Crippen LogP contribution in [0.3, 0.4) is 0 Å². The highest BCUT2D eigenvalue weighted by Gasteiger charge is 2.09. The summed E-state index contributed by atoms with van der Waals surface area (Å²) in [7, 11) is 0. The topological polar surface area (TPSA) is 76.7 Å². The van der Waals surface area contributed by atoms with Gasteiger partial charge in [-0.25, -0.2) is 0 Å².